The number of rotatable bonds is 4. The van der Waals surface area contributed by atoms with E-state index < -0.39 is 0 Å². The van der Waals surface area contributed by atoms with E-state index in [4.69, 9.17) is 4.52 Å². The number of urea groups is 1. The van der Waals surface area contributed by atoms with Crippen LogP contribution in [0.2, 0.25) is 0 Å². The Balaban J connectivity index is 1.38. The molecule has 0 saturated carbocycles. The zero-order chi connectivity index (χ0) is 19.3. The summed E-state index contributed by atoms with van der Waals surface area (Å²) in [4.78, 5) is 18.7. The highest BCUT2D eigenvalue weighted by atomic mass is 19.1. The van der Waals surface area contributed by atoms with Gasteiger partial charge >= 0.3 is 6.03 Å². The molecule has 1 N–H and O–H groups in total. The largest absolute Gasteiger partial charge is 0.339 e. The number of nitrogens with one attached hydrogen (secondary N) is 1. The van der Waals surface area contributed by atoms with Gasteiger partial charge < -0.3 is 14.7 Å². The Morgan fingerprint density at radius 3 is 2.79 bits per heavy atom. The van der Waals surface area contributed by atoms with Crippen molar-refractivity contribution in [3.8, 4) is 11.4 Å². The fourth-order valence-electron chi connectivity index (χ4n) is 3.48. The molecule has 1 fully saturated rings. The van der Waals surface area contributed by atoms with E-state index in [1.165, 1.54) is 6.07 Å². The molecule has 1 unspecified atom stereocenters. The Hall–Kier alpha value is -3.22. The van der Waals surface area contributed by atoms with Crippen molar-refractivity contribution in [1.82, 2.24) is 15.0 Å². The summed E-state index contributed by atoms with van der Waals surface area (Å²) >= 11 is 0. The van der Waals surface area contributed by atoms with Crippen LogP contribution in [0.5, 0.6) is 0 Å². The summed E-state index contributed by atoms with van der Waals surface area (Å²) in [6.45, 7) is 1.34. The van der Waals surface area contributed by atoms with Crippen molar-refractivity contribution >= 4 is 11.7 Å². The molecule has 144 valence electrons. The lowest BCUT2D eigenvalue weighted by Gasteiger charge is -2.32. The number of carbonyl (C=O) groups excluding carboxylic acids is 1. The first-order valence-electron chi connectivity index (χ1n) is 9.37. The van der Waals surface area contributed by atoms with Crippen LogP contribution >= 0.6 is 0 Å². The first-order chi connectivity index (χ1) is 13.7. The van der Waals surface area contributed by atoms with E-state index in [1.807, 2.05) is 35.2 Å². The lowest BCUT2D eigenvalue weighted by Crippen LogP contribution is -2.42. The van der Waals surface area contributed by atoms with Crippen molar-refractivity contribution in [3.05, 3.63) is 66.3 Å². The normalized spacial score (nSPS) is 16.8. The van der Waals surface area contributed by atoms with Gasteiger partial charge in [0.2, 0.25) is 11.7 Å². The molecule has 28 heavy (non-hydrogen) atoms. The molecule has 0 radical (unpaired) electrons. The van der Waals surface area contributed by atoms with Crippen LogP contribution < -0.4 is 5.32 Å². The highest BCUT2D eigenvalue weighted by molar-refractivity contribution is 5.89. The van der Waals surface area contributed by atoms with Gasteiger partial charge in [-0.1, -0.05) is 35.5 Å². The number of para-hydroxylation sites is 1. The molecule has 0 spiro atoms. The maximum Gasteiger partial charge on any atom is 0.321 e. The van der Waals surface area contributed by atoms with Crippen molar-refractivity contribution in [3.63, 3.8) is 0 Å². The Bertz CT molecular complexity index is 944. The second-order valence-corrected chi connectivity index (χ2v) is 6.95. The number of hydrogen-bond donors (Lipinski definition) is 1. The van der Waals surface area contributed by atoms with E-state index in [0.29, 0.717) is 24.4 Å². The monoisotopic (exact) mass is 380 g/mol. The number of likely N-dealkylation sites (tertiary alicyclic amines) is 1. The average molecular weight is 380 g/mol. The number of amides is 2. The summed E-state index contributed by atoms with van der Waals surface area (Å²) in [6.07, 6.45) is 2.46. The van der Waals surface area contributed by atoms with E-state index in [-0.39, 0.29) is 23.6 Å². The molecule has 2 aromatic carbocycles. The Labute approximate surface area is 162 Å². The zero-order valence-electron chi connectivity index (χ0n) is 15.3. The second kappa shape index (κ2) is 8.21. The fraction of sp³-hybridized carbons (Fsp3) is 0.286. The van der Waals surface area contributed by atoms with Gasteiger partial charge in [0.15, 0.2) is 0 Å². The molecule has 1 aliphatic rings. The third-order valence-corrected chi connectivity index (χ3v) is 4.88. The molecule has 2 amide bonds. The van der Waals surface area contributed by atoms with Gasteiger partial charge in [-0.2, -0.15) is 4.98 Å². The third kappa shape index (κ3) is 4.19. The van der Waals surface area contributed by atoms with E-state index in [1.54, 1.807) is 18.2 Å². The number of anilines is 1. The molecule has 4 rings (SSSR count). The number of aromatic nitrogens is 2. The van der Waals surface area contributed by atoms with Crippen molar-refractivity contribution in [2.75, 3.05) is 18.4 Å². The van der Waals surface area contributed by atoms with Crippen molar-refractivity contribution < 1.29 is 13.7 Å². The summed E-state index contributed by atoms with van der Waals surface area (Å²) in [5.74, 6) is 0.566. The topological polar surface area (TPSA) is 71.3 Å². The lowest BCUT2D eigenvalue weighted by molar-refractivity contribution is 0.173. The van der Waals surface area contributed by atoms with Gasteiger partial charge in [0.05, 0.1) is 5.56 Å². The predicted molar refractivity (Wildman–Crippen MR) is 103 cm³/mol. The molecule has 7 heteroatoms. The summed E-state index contributed by atoms with van der Waals surface area (Å²) < 4.78 is 19.2. The van der Waals surface area contributed by atoms with Crippen molar-refractivity contribution in [2.24, 2.45) is 5.92 Å². The summed E-state index contributed by atoms with van der Waals surface area (Å²) in [5.41, 5.74) is 1.10. The van der Waals surface area contributed by atoms with Gasteiger partial charge in [0, 0.05) is 25.2 Å². The van der Waals surface area contributed by atoms with Crippen LogP contribution in [0, 0.1) is 11.7 Å². The molecule has 0 aliphatic carbocycles. The first-order valence-corrected chi connectivity index (χ1v) is 9.37. The Morgan fingerprint density at radius 1 is 1.18 bits per heavy atom. The standard InChI is InChI=1S/C21H21FN4O2/c22-18-11-5-4-10-17(18)20-24-19(28-25-20)13-15-7-6-12-26(14-15)21(27)23-16-8-2-1-3-9-16/h1-5,8-11,15H,6-7,12-14H2,(H,23,27). The number of carbonyl (C=O) groups is 1. The molecule has 3 aromatic rings. The molecular formula is C21H21FN4O2. The summed E-state index contributed by atoms with van der Waals surface area (Å²) in [6, 6.07) is 15.7. The molecule has 6 nitrogen and oxygen atoms in total. The van der Waals surface area contributed by atoms with E-state index >= 15 is 0 Å². The zero-order valence-corrected chi connectivity index (χ0v) is 15.3. The van der Waals surface area contributed by atoms with Crippen LogP contribution in [0.4, 0.5) is 14.9 Å². The van der Waals surface area contributed by atoms with Crippen molar-refractivity contribution in [1.29, 1.82) is 0 Å². The minimum Gasteiger partial charge on any atom is -0.339 e. The van der Waals surface area contributed by atoms with Gasteiger partial charge in [-0.15, -0.1) is 0 Å². The number of benzene rings is 2. The molecule has 2 heterocycles. The van der Waals surface area contributed by atoms with Crippen LogP contribution in [0.15, 0.2) is 59.1 Å². The highest BCUT2D eigenvalue weighted by Gasteiger charge is 2.26. The molecule has 0 bridgehead atoms. The fourth-order valence-corrected chi connectivity index (χ4v) is 3.48. The lowest BCUT2D eigenvalue weighted by atomic mass is 9.95. The number of nitrogens with zero attached hydrogens (tertiary/aromatic N) is 3. The van der Waals surface area contributed by atoms with Gasteiger partial charge in [0.25, 0.3) is 0 Å². The number of halogens is 1. The number of hydrogen-bond acceptors (Lipinski definition) is 4. The van der Waals surface area contributed by atoms with E-state index in [2.05, 4.69) is 15.5 Å². The maximum absolute atomic E-state index is 13.9. The van der Waals surface area contributed by atoms with Crippen LogP contribution in [-0.2, 0) is 6.42 Å². The van der Waals surface area contributed by atoms with E-state index in [0.717, 1.165) is 25.1 Å². The molecule has 1 aliphatic heterocycles. The molecule has 1 atom stereocenters. The molecule has 1 saturated heterocycles. The summed E-state index contributed by atoms with van der Waals surface area (Å²) in [5, 5.41) is 6.83. The Morgan fingerprint density at radius 2 is 1.96 bits per heavy atom. The molecule has 1 aromatic heterocycles. The predicted octanol–water partition coefficient (Wildman–Crippen LogP) is 4.36. The van der Waals surface area contributed by atoms with Gasteiger partial charge in [-0.3, -0.25) is 0 Å². The third-order valence-electron chi connectivity index (χ3n) is 4.88. The van der Waals surface area contributed by atoms with Crippen LogP contribution in [-0.4, -0.2) is 34.2 Å². The Kier molecular flexibility index (Phi) is 5.32. The quantitative estimate of drug-likeness (QED) is 0.730. The highest BCUT2D eigenvalue weighted by Crippen LogP contribution is 2.24. The van der Waals surface area contributed by atoms with Crippen LogP contribution in [0.3, 0.4) is 0 Å². The average Bonchev–Trinajstić information content (AvgIpc) is 3.17. The van der Waals surface area contributed by atoms with Gasteiger partial charge in [-0.25, -0.2) is 9.18 Å². The minimum atomic E-state index is -0.378. The SMILES string of the molecule is O=C(Nc1ccccc1)N1CCCC(Cc2nc(-c3ccccc3F)no2)C1. The number of piperidine rings is 1. The van der Waals surface area contributed by atoms with E-state index in [9.17, 15) is 9.18 Å². The first kappa shape index (κ1) is 18.2. The second-order valence-electron chi connectivity index (χ2n) is 6.95. The smallest absolute Gasteiger partial charge is 0.321 e. The molecular weight excluding hydrogens is 359 g/mol. The maximum atomic E-state index is 13.9. The van der Waals surface area contributed by atoms with Crippen molar-refractivity contribution in [2.45, 2.75) is 19.3 Å². The van der Waals surface area contributed by atoms with Crippen LogP contribution in [0.1, 0.15) is 18.7 Å². The van der Waals surface area contributed by atoms with Crippen LogP contribution in [0.25, 0.3) is 11.4 Å². The minimum absolute atomic E-state index is 0.103. The summed E-state index contributed by atoms with van der Waals surface area (Å²) in [7, 11) is 0. The van der Waals surface area contributed by atoms with Gasteiger partial charge in [0.1, 0.15) is 5.82 Å². The van der Waals surface area contributed by atoms with Gasteiger partial charge in [-0.05, 0) is 43.0 Å².